The van der Waals surface area contributed by atoms with E-state index < -0.39 is 227 Å². The number of nitrogens with zero attached hydrogens (tertiary/aromatic N) is 2. The summed E-state index contributed by atoms with van der Waals surface area (Å²) in [5.41, 5.74) is 11.0. The lowest BCUT2D eigenvalue weighted by Gasteiger charge is -2.46. The minimum atomic E-state index is -2.32. The average Bonchev–Trinajstić information content (AvgIpc) is 0.784. The molecular formula is C75H117N7O27. The molecule has 21 atom stereocenters. The summed E-state index contributed by atoms with van der Waals surface area (Å²) in [5.74, 6) is -12.1. The zero-order valence-corrected chi connectivity index (χ0v) is 63.1. The van der Waals surface area contributed by atoms with Crippen LogP contribution in [-0.4, -0.2) is 299 Å². The van der Waals surface area contributed by atoms with Crippen LogP contribution in [0.3, 0.4) is 0 Å². The highest BCUT2D eigenvalue weighted by Gasteiger charge is 2.51. The maximum Gasteiger partial charge on any atom is 0.321 e. The number of esters is 1. The number of hydrogen-bond donors (Lipinski definition) is 19. The van der Waals surface area contributed by atoms with Crippen LogP contribution in [-0.2, 0) is 57.3 Å². The number of amides is 2. The number of aliphatic hydroxyl groups is 10. The van der Waals surface area contributed by atoms with Gasteiger partial charge in [-0.25, -0.2) is 0 Å². The van der Waals surface area contributed by atoms with Gasteiger partial charge in [0.2, 0.25) is 11.8 Å². The summed E-state index contributed by atoms with van der Waals surface area (Å²) in [6.45, 7) is 5.81. The summed E-state index contributed by atoms with van der Waals surface area (Å²) in [4.78, 5) is 109. The molecule has 2 fully saturated rings. The number of fused-ring (bicyclic) bond motifs is 2. The second kappa shape index (κ2) is 50.8. The lowest BCUT2D eigenvalue weighted by molar-refractivity contribution is -0.307. The fourth-order valence-corrected chi connectivity index (χ4v) is 11.8. The van der Waals surface area contributed by atoms with E-state index in [0.717, 1.165) is 5.69 Å². The van der Waals surface area contributed by atoms with Crippen molar-refractivity contribution in [2.24, 2.45) is 29.2 Å². The molecule has 2 bridgehead atoms. The van der Waals surface area contributed by atoms with E-state index in [-0.39, 0.29) is 50.0 Å². The monoisotopic (exact) mass is 1550 g/mol. The van der Waals surface area contributed by atoms with E-state index in [1.165, 1.54) is 6.92 Å². The number of ether oxygens (including phenoxy) is 4. The Morgan fingerprint density at radius 2 is 1.16 bits per heavy atom. The van der Waals surface area contributed by atoms with E-state index in [2.05, 4.69) is 16.0 Å². The lowest BCUT2D eigenvalue weighted by Crippen LogP contribution is -2.64. The number of hydrogen-bond acceptors (Lipinski definition) is 28. The number of nitrogens with one attached hydrogen (secondary N) is 3. The minimum Gasteiger partial charge on any atom is -0.481 e. The number of nitrogens with two attached hydrogens (primary N) is 2. The molecule has 21 N–H and O–H groups in total. The quantitative estimate of drug-likeness (QED) is 0.0498. The first kappa shape index (κ1) is 97.2. The van der Waals surface area contributed by atoms with Gasteiger partial charge in [-0.2, -0.15) is 0 Å². The zero-order chi connectivity index (χ0) is 82.3. The third kappa shape index (κ3) is 40.1. The van der Waals surface area contributed by atoms with Crippen LogP contribution in [0.15, 0.2) is 109 Å². The van der Waals surface area contributed by atoms with Crippen LogP contribution in [0.25, 0.3) is 0 Å². The van der Waals surface area contributed by atoms with Gasteiger partial charge >= 0.3 is 29.8 Å². The molecule has 0 aliphatic carbocycles. The van der Waals surface area contributed by atoms with Crippen molar-refractivity contribution in [2.75, 3.05) is 60.2 Å². The Morgan fingerprint density at radius 3 is 1.66 bits per heavy atom. The van der Waals surface area contributed by atoms with Crippen LogP contribution >= 0.6 is 0 Å². The van der Waals surface area contributed by atoms with Crippen molar-refractivity contribution in [3.8, 4) is 0 Å². The number of cyclic esters (lactones) is 1. The predicted octanol–water partition coefficient (Wildman–Crippen LogP) is -0.196. The normalized spacial score (nSPS) is 31.2. The Hall–Kier alpha value is -7.85. The van der Waals surface area contributed by atoms with Crippen molar-refractivity contribution < 1.29 is 134 Å². The van der Waals surface area contributed by atoms with Crippen molar-refractivity contribution >= 4 is 58.9 Å². The van der Waals surface area contributed by atoms with Gasteiger partial charge in [0, 0.05) is 75.8 Å². The SMILES string of the molecule is CNc1ccc(C(=O)CC(O)CC[C@H](C)[C@H]2OC(=O)C[C@H](O)CC(=O)C[C@H](O)C[C@H](O)C[C@H](O)C[C@H](O)C[C@]3(O)C[C@H](O)[C@@H](C(=O)NCCN(C)C)[C@H](C[C@@H](O[C@@H]4O[C@H](C)[C@@H](O)[C@H](NC(=O)CN(C)C)[C@@H]4O)/C=C/C=C/C=C/C=C/C=C/C=C/C=C/[C@@H]2C)O3)cc1.N[C@@H](CC(=O)O)C(=O)O.N[C@@H](CC(=O)O)C(=O)O. The topological polar surface area (TPSA) is 568 Å². The third-order valence-corrected chi connectivity index (χ3v) is 17.4. The summed E-state index contributed by atoms with van der Waals surface area (Å²) in [6.07, 6.45) is 1.12. The molecule has 34 nitrogen and oxygen atoms in total. The molecule has 1 aromatic carbocycles. The van der Waals surface area contributed by atoms with Crippen LogP contribution in [0.2, 0.25) is 0 Å². The lowest BCUT2D eigenvalue weighted by atomic mass is 9.82. The Balaban J connectivity index is 0.00000197. The Morgan fingerprint density at radius 1 is 0.642 bits per heavy atom. The Bertz CT molecular complexity index is 3170. The molecule has 109 heavy (non-hydrogen) atoms. The van der Waals surface area contributed by atoms with Gasteiger partial charge in [0.25, 0.3) is 0 Å². The van der Waals surface area contributed by atoms with Crippen molar-refractivity contribution in [3.05, 3.63) is 115 Å². The number of benzene rings is 1. The molecule has 3 aliphatic rings. The molecular weight excluding hydrogens is 1430 g/mol. The van der Waals surface area contributed by atoms with Gasteiger partial charge in [-0.05, 0) is 97.4 Å². The molecule has 1 unspecified atom stereocenters. The standard InChI is InChI=1S/C67H103N5O19.2C4H7NO4/c1-42-21-19-17-15-13-11-9-10-12-14-16-18-20-22-54(89-66-63(85)61(62(84)44(3)88-66)70-58(82)41-72(7)8)38-57-60(65(86)69-29-30-71(5)6)56(81)40-67(87,91-57)39-53(79)35-51(77)33-49(75)31-48(74)32-50(76)34-52(78)37-59(83)90-64(42)43(2)23-28-47(73)36-55(80)45-24-26-46(68-4)27-25-45;2*5-2(4(8)9)1-3(6)7/h9-22,24-27,42-44,47-49,51-54,56-57,60-64,66,68,73-75,77-79,81,84-85,87H,23,28-41H2,1-8H3,(H,69,86)(H,70,82);2*2H,1,5H2,(H,6,7)(H,8,9)/b10-9+,13-11+,14-12+,17-15+,18-16+,21-19+,22-20+;;/t42-,43-,44+,47?,48+,49-,51-,52+,53-,54-,56-,57-,60+,61-,62+,63-,64-,66-,67+;2*2-/m000/s1. The van der Waals surface area contributed by atoms with Gasteiger partial charge in [-0.3, -0.25) is 43.2 Å². The van der Waals surface area contributed by atoms with E-state index in [9.17, 15) is 94.2 Å². The average molecular weight is 1550 g/mol. The largest absolute Gasteiger partial charge is 0.481 e. The molecule has 3 heterocycles. The van der Waals surface area contributed by atoms with Gasteiger partial charge in [0.1, 0.15) is 36.2 Å². The van der Waals surface area contributed by atoms with Crippen molar-refractivity contribution in [3.63, 3.8) is 0 Å². The number of allylic oxidation sites excluding steroid dienone is 12. The number of likely N-dealkylation sites (N-methyl/N-ethyl adjacent to an activating group) is 2. The van der Waals surface area contributed by atoms with Crippen molar-refractivity contribution in [2.45, 2.75) is 220 Å². The number of rotatable bonds is 23. The Labute approximate surface area is 635 Å². The first-order valence-corrected chi connectivity index (χ1v) is 35.9. The molecule has 2 amide bonds. The highest BCUT2D eigenvalue weighted by molar-refractivity contribution is 5.96. The van der Waals surface area contributed by atoms with Gasteiger partial charge in [-0.1, -0.05) is 98.9 Å². The summed E-state index contributed by atoms with van der Waals surface area (Å²) >= 11 is 0. The number of carboxylic acids is 4. The number of carbonyl (C=O) groups is 9. The second-order valence-electron chi connectivity index (χ2n) is 28.0. The first-order valence-electron chi connectivity index (χ1n) is 35.9. The molecule has 1 aromatic rings. The maximum atomic E-state index is 14.0. The highest BCUT2D eigenvalue weighted by atomic mass is 16.7. The fourth-order valence-electron chi connectivity index (χ4n) is 11.8. The summed E-state index contributed by atoms with van der Waals surface area (Å²) in [6, 6.07) is 3.10. The summed E-state index contributed by atoms with van der Waals surface area (Å²) < 4.78 is 24.6. The van der Waals surface area contributed by atoms with E-state index >= 15 is 0 Å². The fraction of sp³-hybridized carbons (Fsp3) is 0.613. The van der Waals surface area contributed by atoms with Gasteiger partial charge < -0.3 is 128 Å². The zero-order valence-electron chi connectivity index (χ0n) is 63.1. The van der Waals surface area contributed by atoms with Gasteiger partial charge in [-0.15, -0.1) is 0 Å². The van der Waals surface area contributed by atoms with Crippen molar-refractivity contribution in [1.82, 2.24) is 20.4 Å². The molecule has 614 valence electrons. The number of aliphatic carboxylic acids is 4. The summed E-state index contributed by atoms with van der Waals surface area (Å²) in [5, 5.41) is 153. The minimum absolute atomic E-state index is 0.0513. The molecule has 2 saturated heterocycles. The Kier molecular flexibility index (Phi) is 45.4. The number of Topliss-reactive ketones (excluding diaryl/α,β-unsaturated/α-hetero) is 2. The predicted molar refractivity (Wildman–Crippen MR) is 397 cm³/mol. The number of anilines is 1. The molecule has 0 saturated carbocycles. The van der Waals surface area contributed by atoms with Crippen LogP contribution < -0.4 is 27.4 Å². The van der Waals surface area contributed by atoms with E-state index in [0.29, 0.717) is 18.5 Å². The van der Waals surface area contributed by atoms with Crippen molar-refractivity contribution in [1.29, 1.82) is 0 Å². The molecule has 4 rings (SSSR count). The number of ketones is 2. The van der Waals surface area contributed by atoms with Crippen LogP contribution in [0.5, 0.6) is 0 Å². The molecule has 0 radical (unpaired) electrons. The number of aliphatic hydroxyl groups excluding tert-OH is 9. The van der Waals surface area contributed by atoms with E-state index in [4.69, 9.17) is 50.8 Å². The highest BCUT2D eigenvalue weighted by Crippen LogP contribution is 2.39. The summed E-state index contributed by atoms with van der Waals surface area (Å²) in [7, 11) is 8.75. The third-order valence-electron chi connectivity index (χ3n) is 17.4. The van der Waals surface area contributed by atoms with Gasteiger partial charge in [0.15, 0.2) is 17.9 Å². The molecule has 34 heteroatoms. The molecule has 0 aromatic heterocycles. The van der Waals surface area contributed by atoms with Crippen LogP contribution in [0, 0.1) is 17.8 Å². The number of carbonyl (C=O) groups excluding carboxylic acids is 5. The maximum absolute atomic E-state index is 14.0. The smallest absolute Gasteiger partial charge is 0.321 e. The molecule has 3 aliphatic heterocycles. The van der Waals surface area contributed by atoms with Crippen LogP contribution in [0.1, 0.15) is 121 Å². The van der Waals surface area contributed by atoms with Crippen LogP contribution in [0.4, 0.5) is 5.69 Å². The van der Waals surface area contributed by atoms with E-state index in [1.54, 1.807) is 129 Å². The first-order chi connectivity index (χ1) is 51.1. The second-order valence-corrected chi connectivity index (χ2v) is 28.0. The molecule has 0 spiro atoms. The van der Waals surface area contributed by atoms with E-state index in [1.807, 2.05) is 38.9 Å². The van der Waals surface area contributed by atoms with Gasteiger partial charge in [0.05, 0.1) is 98.8 Å². The number of carboxylic acid groups (broad SMARTS) is 4.